The molecule has 0 unspecified atom stereocenters. The van der Waals surface area contributed by atoms with Crippen LogP contribution in [0.4, 0.5) is 5.69 Å². The van der Waals surface area contributed by atoms with Gasteiger partial charge in [0.2, 0.25) is 0 Å². The SMILES string of the molecule is C1=Cc2ccccc2ON1.Cc1cccc(N)c1.Oc1ccccc1. The fraction of sp³-hybridized carbons (Fsp3) is 0.0476. The minimum atomic E-state index is 0.322. The number of anilines is 1. The summed E-state index contributed by atoms with van der Waals surface area (Å²) in [7, 11) is 0. The van der Waals surface area contributed by atoms with E-state index in [1.54, 1.807) is 30.5 Å². The molecule has 0 aliphatic carbocycles. The second kappa shape index (κ2) is 9.67. The molecule has 0 saturated heterocycles. The predicted octanol–water partition coefficient (Wildman–Crippen LogP) is 4.52. The Morgan fingerprint density at radius 3 is 2.16 bits per heavy atom. The van der Waals surface area contributed by atoms with Gasteiger partial charge in [-0.25, -0.2) is 5.48 Å². The van der Waals surface area contributed by atoms with E-state index in [-0.39, 0.29) is 0 Å². The van der Waals surface area contributed by atoms with Crippen LogP contribution in [0, 0.1) is 6.92 Å². The fourth-order valence-electron chi connectivity index (χ4n) is 2.03. The van der Waals surface area contributed by atoms with Gasteiger partial charge in [-0.15, -0.1) is 0 Å². The van der Waals surface area contributed by atoms with E-state index >= 15 is 0 Å². The summed E-state index contributed by atoms with van der Waals surface area (Å²) in [6.45, 7) is 2.02. The lowest BCUT2D eigenvalue weighted by atomic mass is 10.2. The summed E-state index contributed by atoms with van der Waals surface area (Å²) in [6.07, 6.45) is 3.74. The molecule has 128 valence electrons. The minimum absolute atomic E-state index is 0.322. The number of hydrogen-bond donors (Lipinski definition) is 3. The molecule has 0 fully saturated rings. The Morgan fingerprint density at radius 2 is 1.60 bits per heavy atom. The van der Waals surface area contributed by atoms with Crippen molar-refractivity contribution in [2.75, 3.05) is 5.73 Å². The van der Waals surface area contributed by atoms with Gasteiger partial charge in [0, 0.05) is 17.5 Å². The van der Waals surface area contributed by atoms with Crippen molar-refractivity contribution in [2.24, 2.45) is 0 Å². The molecule has 25 heavy (non-hydrogen) atoms. The van der Waals surface area contributed by atoms with Gasteiger partial charge in [-0.05, 0) is 48.9 Å². The summed E-state index contributed by atoms with van der Waals surface area (Å²) in [5, 5.41) is 8.63. The van der Waals surface area contributed by atoms with Crippen LogP contribution < -0.4 is 16.1 Å². The van der Waals surface area contributed by atoms with Gasteiger partial charge in [-0.3, -0.25) is 0 Å². The van der Waals surface area contributed by atoms with Crippen molar-refractivity contribution >= 4 is 11.8 Å². The Balaban J connectivity index is 0.000000138. The van der Waals surface area contributed by atoms with Gasteiger partial charge in [-0.1, -0.05) is 48.5 Å². The van der Waals surface area contributed by atoms with Gasteiger partial charge < -0.3 is 15.7 Å². The molecule has 3 aromatic rings. The van der Waals surface area contributed by atoms with Crippen molar-refractivity contribution in [1.82, 2.24) is 5.48 Å². The van der Waals surface area contributed by atoms with E-state index in [4.69, 9.17) is 15.7 Å². The number of phenolic OH excluding ortho intramolecular Hbond substituents is 1. The fourth-order valence-corrected chi connectivity index (χ4v) is 2.03. The maximum atomic E-state index is 8.63. The topological polar surface area (TPSA) is 67.5 Å². The molecule has 1 aliphatic heterocycles. The maximum Gasteiger partial charge on any atom is 0.162 e. The highest BCUT2D eigenvalue weighted by molar-refractivity contribution is 5.58. The highest BCUT2D eigenvalue weighted by atomic mass is 16.6. The number of hydroxylamine groups is 1. The van der Waals surface area contributed by atoms with E-state index in [1.165, 1.54) is 5.56 Å². The first-order chi connectivity index (χ1) is 12.1. The first-order valence-corrected chi connectivity index (χ1v) is 7.89. The zero-order valence-corrected chi connectivity index (χ0v) is 14.1. The van der Waals surface area contributed by atoms with Crippen LogP contribution in [-0.4, -0.2) is 5.11 Å². The third-order valence-corrected chi connectivity index (χ3v) is 3.22. The number of fused-ring (bicyclic) bond motifs is 1. The molecule has 1 aliphatic rings. The number of phenols is 1. The van der Waals surface area contributed by atoms with Gasteiger partial charge in [0.15, 0.2) is 5.75 Å². The van der Waals surface area contributed by atoms with Crippen LogP contribution >= 0.6 is 0 Å². The zero-order valence-electron chi connectivity index (χ0n) is 14.1. The van der Waals surface area contributed by atoms with Crippen LogP contribution in [0.1, 0.15) is 11.1 Å². The van der Waals surface area contributed by atoms with Gasteiger partial charge in [0.1, 0.15) is 5.75 Å². The van der Waals surface area contributed by atoms with Crippen LogP contribution in [0.2, 0.25) is 0 Å². The quantitative estimate of drug-likeness (QED) is 0.529. The lowest BCUT2D eigenvalue weighted by Gasteiger charge is -2.11. The van der Waals surface area contributed by atoms with Gasteiger partial charge in [-0.2, -0.15) is 0 Å². The molecular formula is C21H22N2O2. The first-order valence-electron chi connectivity index (χ1n) is 7.89. The zero-order chi connectivity index (χ0) is 17.9. The smallest absolute Gasteiger partial charge is 0.162 e. The Bertz CT molecular complexity index is 785. The van der Waals surface area contributed by atoms with Crippen LogP contribution in [0.5, 0.6) is 11.5 Å². The Hall–Kier alpha value is -3.40. The van der Waals surface area contributed by atoms with Crippen LogP contribution in [0.3, 0.4) is 0 Å². The van der Waals surface area contributed by atoms with E-state index in [0.29, 0.717) is 5.75 Å². The van der Waals surface area contributed by atoms with Crippen molar-refractivity contribution in [3.63, 3.8) is 0 Å². The van der Waals surface area contributed by atoms with Crippen molar-refractivity contribution in [3.8, 4) is 11.5 Å². The molecule has 0 saturated carbocycles. The molecule has 0 amide bonds. The monoisotopic (exact) mass is 334 g/mol. The number of benzene rings is 3. The summed E-state index contributed by atoms with van der Waals surface area (Å²) in [5.74, 6) is 1.20. The van der Waals surface area contributed by atoms with Crippen LogP contribution in [0.15, 0.2) is 85.1 Å². The maximum absolute atomic E-state index is 8.63. The molecule has 0 atom stereocenters. The number of nitrogen functional groups attached to an aromatic ring is 1. The highest BCUT2D eigenvalue weighted by Gasteiger charge is 2.01. The van der Waals surface area contributed by atoms with Gasteiger partial charge in [0.05, 0.1) is 0 Å². The van der Waals surface area contributed by atoms with Crippen LogP contribution in [-0.2, 0) is 0 Å². The van der Waals surface area contributed by atoms with Crippen molar-refractivity contribution in [3.05, 3.63) is 96.2 Å². The molecule has 0 aromatic heterocycles. The molecule has 4 N–H and O–H groups in total. The third kappa shape index (κ3) is 6.71. The molecular weight excluding hydrogens is 312 g/mol. The number of nitrogens with two attached hydrogens (primary N) is 1. The van der Waals surface area contributed by atoms with E-state index in [0.717, 1.165) is 17.0 Å². The van der Waals surface area contributed by atoms with Crippen molar-refractivity contribution in [1.29, 1.82) is 0 Å². The lowest BCUT2D eigenvalue weighted by Crippen LogP contribution is -2.13. The molecule has 0 spiro atoms. The average molecular weight is 334 g/mol. The van der Waals surface area contributed by atoms with E-state index in [1.807, 2.05) is 67.6 Å². The highest BCUT2D eigenvalue weighted by Crippen LogP contribution is 2.20. The second-order valence-electron chi connectivity index (χ2n) is 5.34. The molecule has 1 heterocycles. The number of aryl methyl sites for hydroxylation is 1. The van der Waals surface area contributed by atoms with Gasteiger partial charge in [0.25, 0.3) is 0 Å². The Labute approximate surface area is 148 Å². The first kappa shape index (κ1) is 17.9. The number of hydrogen-bond acceptors (Lipinski definition) is 4. The molecule has 4 heteroatoms. The normalized spacial score (nSPS) is 10.6. The summed E-state index contributed by atoms with van der Waals surface area (Å²) < 4.78 is 0. The molecule has 0 bridgehead atoms. The van der Waals surface area contributed by atoms with E-state index in [2.05, 4.69) is 5.48 Å². The van der Waals surface area contributed by atoms with E-state index in [9.17, 15) is 0 Å². The van der Waals surface area contributed by atoms with Crippen molar-refractivity contribution in [2.45, 2.75) is 6.92 Å². The van der Waals surface area contributed by atoms with E-state index < -0.39 is 0 Å². The molecule has 0 radical (unpaired) electrons. The largest absolute Gasteiger partial charge is 0.508 e. The molecule has 3 aromatic carbocycles. The average Bonchev–Trinajstić information content (AvgIpc) is 2.63. The second-order valence-corrected chi connectivity index (χ2v) is 5.34. The molecule has 4 nitrogen and oxygen atoms in total. The summed E-state index contributed by atoms with van der Waals surface area (Å²) in [6, 6.07) is 24.4. The summed E-state index contributed by atoms with van der Waals surface area (Å²) in [5.41, 5.74) is 11.3. The standard InChI is InChI=1S/C8H7NO.C7H9N.C6H6O/c1-2-4-8-7(3-1)5-6-9-10-8;1-6-3-2-4-7(8)5-6;7-6-4-2-1-3-5-6/h1-6,9H;2-5H,8H2,1H3;1-5,7H. The number of para-hydroxylation sites is 2. The van der Waals surface area contributed by atoms with Crippen molar-refractivity contribution < 1.29 is 9.94 Å². The Kier molecular flexibility index (Phi) is 6.95. The summed E-state index contributed by atoms with van der Waals surface area (Å²) >= 11 is 0. The third-order valence-electron chi connectivity index (χ3n) is 3.22. The van der Waals surface area contributed by atoms with Gasteiger partial charge >= 0.3 is 0 Å². The Morgan fingerprint density at radius 1 is 0.880 bits per heavy atom. The van der Waals surface area contributed by atoms with Crippen LogP contribution in [0.25, 0.3) is 6.08 Å². The predicted molar refractivity (Wildman–Crippen MR) is 103 cm³/mol. The molecule has 4 rings (SSSR count). The minimum Gasteiger partial charge on any atom is -0.508 e. The summed E-state index contributed by atoms with van der Waals surface area (Å²) in [4.78, 5) is 5.09. The lowest BCUT2D eigenvalue weighted by molar-refractivity contribution is 0.239. The number of aromatic hydroxyl groups is 1. The number of nitrogens with one attached hydrogen (secondary N) is 1. The number of rotatable bonds is 0.